The van der Waals surface area contributed by atoms with E-state index in [0.717, 1.165) is 35.6 Å². The van der Waals surface area contributed by atoms with Crippen molar-refractivity contribution < 1.29 is 22.7 Å². The molecule has 218 valence electrons. The fourth-order valence-electron chi connectivity index (χ4n) is 4.86. The standard InChI is InChI=1S/C30H33Cl2N3O5S/c1-21(30(37)33-24-10-6-7-11-24)34(19-22-9-8-12-25(17-22)40-2)29(36)20-35(28-16-15-23(31)18-27(28)32)41(38,39)26-13-4-3-5-14-26/h3-5,8-9,12-18,21,24H,6-7,10-11,19-20H2,1-2H3,(H,33,37)/t21-/m1/s1. The van der Waals surface area contributed by atoms with Gasteiger partial charge in [0.2, 0.25) is 11.8 Å². The lowest BCUT2D eigenvalue weighted by Crippen LogP contribution is -2.52. The molecule has 3 aromatic rings. The number of hydrogen-bond donors (Lipinski definition) is 1. The van der Waals surface area contributed by atoms with E-state index in [4.69, 9.17) is 27.9 Å². The van der Waals surface area contributed by atoms with Crippen LogP contribution in [0.4, 0.5) is 5.69 Å². The molecule has 1 saturated carbocycles. The summed E-state index contributed by atoms with van der Waals surface area (Å²) in [5, 5.41) is 3.44. The van der Waals surface area contributed by atoms with Gasteiger partial charge in [0.05, 0.1) is 22.7 Å². The van der Waals surface area contributed by atoms with Crippen LogP contribution in [0.5, 0.6) is 5.75 Å². The summed E-state index contributed by atoms with van der Waals surface area (Å²) < 4.78 is 34.0. The number of rotatable bonds is 11. The quantitative estimate of drug-likeness (QED) is 0.299. The lowest BCUT2D eigenvalue weighted by Gasteiger charge is -2.32. The highest BCUT2D eigenvalue weighted by Gasteiger charge is 2.34. The van der Waals surface area contributed by atoms with E-state index in [9.17, 15) is 18.0 Å². The molecule has 2 amide bonds. The van der Waals surface area contributed by atoms with Crippen LogP contribution in [0.1, 0.15) is 38.2 Å². The fraction of sp³-hybridized carbons (Fsp3) is 0.333. The van der Waals surface area contributed by atoms with E-state index >= 15 is 0 Å². The Bertz CT molecular complexity index is 1480. The maximum atomic E-state index is 14.1. The molecule has 41 heavy (non-hydrogen) atoms. The molecule has 1 N–H and O–H groups in total. The highest BCUT2D eigenvalue weighted by atomic mass is 35.5. The first kappa shape index (κ1) is 30.7. The Morgan fingerprint density at radius 1 is 1.00 bits per heavy atom. The number of anilines is 1. The third kappa shape index (κ3) is 7.52. The number of carbonyl (C=O) groups excluding carboxylic acids is 2. The molecule has 0 unspecified atom stereocenters. The van der Waals surface area contributed by atoms with Crippen LogP contribution in [0.15, 0.2) is 77.7 Å². The van der Waals surface area contributed by atoms with Crippen molar-refractivity contribution in [2.24, 2.45) is 0 Å². The zero-order valence-corrected chi connectivity index (χ0v) is 25.3. The Balaban J connectivity index is 1.71. The molecule has 0 spiro atoms. The highest BCUT2D eigenvalue weighted by molar-refractivity contribution is 7.92. The second-order valence-electron chi connectivity index (χ2n) is 9.96. The summed E-state index contributed by atoms with van der Waals surface area (Å²) in [5.41, 5.74) is 0.817. The second-order valence-corrected chi connectivity index (χ2v) is 12.7. The van der Waals surface area contributed by atoms with Gasteiger partial charge in [0, 0.05) is 17.6 Å². The minimum atomic E-state index is -4.23. The van der Waals surface area contributed by atoms with E-state index in [1.807, 2.05) is 6.07 Å². The van der Waals surface area contributed by atoms with Crippen LogP contribution in [0.2, 0.25) is 10.0 Å². The van der Waals surface area contributed by atoms with Crippen LogP contribution < -0.4 is 14.4 Å². The maximum Gasteiger partial charge on any atom is 0.264 e. The number of amides is 2. The summed E-state index contributed by atoms with van der Waals surface area (Å²) in [6.45, 7) is 1.11. The molecule has 4 rings (SSSR count). The number of nitrogens with one attached hydrogen (secondary N) is 1. The molecule has 3 aromatic carbocycles. The van der Waals surface area contributed by atoms with Gasteiger partial charge in [0.15, 0.2) is 0 Å². The van der Waals surface area contributed by atoms with Gasteiger partial charge in [-0.2, -0.15) is 0 Å². The van der Waals surface area contributed by atoms with Crippen LogP contribution in [0, 0.1) is 0 Å². The SMILES string of the molecule is COc1cccc(CN(C(=O)CN(c2ccc(Cl)cc2Cl)S(=O)(=O)c2ccccc2)[C@H](C)C(=O)NC2CCCC2)c1. The number of sulfonamides is 1. The van der Waals surface area contributed by atoms with Crippen molar-refractivity contribution >= 4 is 50.7 Å². The van der Waals surface area contributed by atoms with Gasteiger partial charge in [-0.05, 0) is 67.8 Å². The Hall–Kier alpha value is -3.27. The summed E-state index contributed by atoms with van der Waals surface area (Å²) in [7, 11) is -2.68. The van der Waals surface area contributed by atoms with Crippen molar-refractivity contribution in [3.63, 3.8) is 0 Å². The predicted molar refractivity (Wildman–Crippen MR) is 161 cm³/mol. The first-order valence-corrected chi connectivity index (χ1v) is 15.6. The van der Waals surface area contributed by atoms with E-state index < -0.39 is 28.5 Å². The Kier molecular flexibility index (Phi) is 10.2. The zero-order valence-electron chi connectivity index (χ0n) is 22.9. The number of carbonyl (C=O) groups is 2. The number of benzene rings is 3. The van der Waals surface area contributed by atoms with Gasteiger partial charge >= 0.3 is 0 Å². The molecule has 1 atom stereocenters. The monoisotopic (exact) mass is 617 g/mol. The lowest BCUT2D eigenvalue weighted by atomic mass is 10.1. The van der Waals surface area contributed by atoms with Crippen molar-refractivity contribution in [1.29, 1.82) is 0 Å². The average molecular weight is 619 g/mol. The summed E-state index contributed by atoms with van der Waals surface area (Å²) >= 11 is 12.5. The van der Waals surface area contributed by atoms with Crippen LogP contribution >= 0.6 is 23.2 Å². The first-order valence-electron chi connectivity index (χ1n) is 13.4. The molecule has 1 aliphatic carbocycles. The third-order valence-electron chi connectivity index (χ3n) is 7.14. The molecule has 1 fully saturated rings. The van der Waals surface area contributed by atoms with Crippen molar-refractivity contribution in [2.45, 2.75) is 56.1 Å². The highest BCUT2D eigenvalue weighted by Crippen LogP contribution is 2.33. The second kappa shape index (κ2) is 13.6. The summed E-state index contributed by atoms with van der Waals surface area (Å²) in [6, 6.07) is 18.5. The molecular formula is C30H33Cl2N3O5S. The smallest absolute Gasteiger partial charge is 0.264 e. The fourth-order valence-corrected chi connectivity index (χ4v) is 6.87. The molecule has 11 heteroatoms. The number of hydrogen-bond acceptors (Lipinski definition) is 5. The van der Waals surface area contributed by atoms with Crippen LogP contribution in [0.25, 0.3) is 0 Å². The first-order chi connectivity index (χ1) is 19.6. The molecule has 8 nitrogen and oxygen atoms in total. The van der Waals surface area contributed by atoms with Crippen LogP contribution in [0.3, 0.4) is 0 Å². The molecule has 1 aliphatic rings. The summed E-state index contributed by atoms with van der Waals surface area (Å²) in [5.74, 6) is -0.276. The molecule has 0 aliphatic heterocycles. The van der Waals surface area contributed by atoms with Gasteiger partial charge in [0.25, 0.3) is 10.0 Å². The topological polar surface area (TPSA) is 96.0 Å². The van der Waals surface area contributed by atoms with Gasteiger partial charge in [-0.3, -0.25) is 13.9 Å². The number of halogens is 2. The molecule has 0 aromatic heterocycles. The van der Waals surface area contributed by atoms with E-state index in [1.54, 1.807) is 50.4 Å². The minimum Gasteiger partial charge on any atom is -0.497 e. The minimum absolute atomic E-state index is 0.00909. The number of methoxy groups -OCH3 is 1. The van der Waals surface area contributed by atoms with Gasteiger partial charge < -0.3 is 15.0 Å². The van der Waals surface area contributed by atoms with Crippen LogP contribution in [-0.2, 0) is 26.2 Å². The largest absolute Gasteiger partial charge is 0.497 e. The zero-order chi connectivity index (χ0) is 29.6. The van der Waals surface area contributed by atoms with Crippen molar-refractivity contribution in [1.82, 2.24) is 10.2 Å². The number of ether oxygens (including phenoxy) is 1. The molecule has 0 saturated heterocycles. The maximum absolute atomic E-state index is 14.1. The van der Waals surface area contributed by atoms with E-state index in [1.165, 1.54) is 35.2 Å². The Morgan fingerprint density at radius 3 is 2.37 bits per heavy atom. The van der Waals surface area contributed by atoms with Gasteiger partial charge in [0.1, 0.15) is 18.3 Å². The van der Waals surface area contributed by atoms with E-state index in [0.29, 0.717) is 10.8 Å². The summed E-state index contributed by atoms with van der Waals surface area (Å²) in [4.78, 5) is 28.8. The normalized spacial score (nSPS) is 14.3. The van der Waals surface area contributed by atoms with Gasteiger partial charge in [-0.25, -0.2) is 8.42 Å². The molecule has 0 heterocycles. The van der Waals surface area contributed by atoms with Gasteiger partial charge in [-0.15, -0.1) is 0 Å². The average Bonchev–Trinajstić information content (AvgIpc) is 3.48. The van der Waals surface area contributed by atoms with E-state index in [-0.39, 0.29) is 34.1 Å². The third-order valence-corrected chi connectivity index (χ3v) is 9.46. The Morgan fingerprint density at radius 2 is 1.71 bits per heavy atom. The van der Waals surface area contributed by atoms with E-state index in [2.05, 4.69) is 5.32 Å². The van der Waals surface area contributed by atoms with Crippen molar-refractivity contribution in [3.8, 4) is 5.75 Å². The van der Waals surface area contributed by atoms with Crippen molar-refractivity contribution in [3.05, 3.63) is 88.4 Å². The van der Waals surface area contributed by atoms with Gasteiger partial charge in [-0.1, -0.05) is 66.4 Å². The van der Waals surface area contributed by atoms with Crippen LogP contribution in [-0.4, -0.2) is 50.9 Å². The molecule has 0 bridgehead atoms. The lowest BCUT2D eigenvalue weighted by molar-refractivity contribution is -0.139. The summed E-state index contributed by atoms with van der Waals surface area (Å²) in [6.07, 6.45) is 3.86. The Labute approximate surface area is 251 Å². The predicted octanol–water partition coefficient (Wildman–Crippen LogP) is 5.67. The van der Waals surface area contributed by atoms with Crippen molar-refractivity contribution in [2.75, 3.05) is 18.0 Å². The molecule has 0 radical (unpaired) electrons. The number of nitrogens with zero attached hydrogens (tertiary/aromatic N) is 2. The molecular weight excluding hydrogens is 585 g/mol.